The molecule has 0 radical (unpaired) electrons. The lowest BCUT2D eigenvalue weighted by molar-refractivity contribution is -0.154. The summed E-state index contributed by atoms with van der Waals surface area (Å²) in [5.41, 5.74) is 0. The first-order valence-corrected chi connectivity index (χ1v) is 8.59. The Balaban J connectivity index is 1.93. The molecule has 0 aliphatic heterocycles. The Morgan fingerprint density at radius 1 is 0.667 bits per heavy atom. The van der Waals surface area contributed by atoms with E-state index in [4.69, 9.17) is 18.9 Å². The largest absolute Gasteiger partial charge is 0.508 e. The van der Waals surface area contributed by atoms with E-state index in [1.54, 1.807) is 0 Å². The summed E-state index contributed by atoms with van der Waals surface area (Å²) < 4.78 is 20.3. The van der Waals surface area contributed by atoms with Gasteiger partial charge in [0.05, 0.1) is 26.1 Å². The van der Waals surface area contributed by atoms with Crippen molar-refractivity contribution in [2.75, 3.05) is 14.2 Å². The van der Waals surface area contributed by atoms with Crippen molar-refractivity contribution in [1.82, 2.24) is 0 Å². The average Bonchev–Trinajstić information content (AvgIpc) is 2.61. The van der Waals surface area contributed by atoms with Gasteiger partial charge < -0.3 is 18.9 Å². The van der Waals surface area contributed by atoms with E-state index in [1.807, 2.05) is 0 Å². The van der Waals surface area contributed by atoms with Crippen LogP contribution in [0.25, 0.3) is 0 Å². The molecule has 2 rings (SSSR count). The molecule has 0 bridgehead atoms. The number of hydrogen-bond donors (Lipinski definition) is 0. The summed E-state index contributed by atoms with van der Waals surface area (Å²) in [5, 5.41) is 0. The third kappa shape index (κ3) is 4.61. The van der Waals surface area contributed by atoms with Crippen LogP contribution in [0.2, 0.25) is 0 Å². The number of esters is 2. The van der Waals surface area contributed by atoms with Crippen LogP contribution in [-0.4, -0.2) is 44.5 Å². The number of ether oxygens (including phenoxy) is 4. The van der Waals surface area contributed by atoms with Gasteiger partial charge >= 0.3 is 18.1 Å². The van der Waals surface area contributed by atoms with Gasteiger partial charge in [-0.2, -0.15) is 0 Å². The van der Waals surface area contributed by atoms with Gasteiger partial charge in [-0.05, 0) is 38.5 Å². The highest BCUT2D eigenvalue weighted by Crippen LogP contribution is 2.31. The molecule has 4 atom stereocenters. The van der Waals surface area contributed by atoms with Crippen molar-refractivity contribution in [1.29, 1.82) is 0 Å². The van der Waals surface area contributed by atoms with Gasteiger partial charge in [-0.3, -0.25) is 9.59 Å². The summed E-state index contributed by atoms with van der Waals surface area (Å²) >= 11 is 0. The monoisotopic (exact) mass is 342 g/mol. The highest BCUT2D eigenvalue weighted by atomic mass is 16.7. The second-order valence-electron chi connectivity index (χ2n) is 6.39. The first-order valence-electron chi connectivity index (χ1n) is 8.59. The summed E-state index contributed by atoms with van der Waals surface area (Å²) in [5.74, 6) is -1.62. The molecule has 0 heterocycles. The minimum Gasteiger partial charge on any atom is -0.469 e. The van der Waals surface area contributed by atoms with Gasteiger partial charge in [0.15, 0.2) is 0 Å². The van der Waals surface area contributed by atoms with Crippen molar-refractivity contribution >= 4 is 18.1 Å². The van der Waals surface area contributed by atoms with Gasteiger partial charge in [-0.25, -0.2) is 4.79 Å². The second-order valence-corrected chi connectivity index (χ2v) is 6.39. The van der Waals surface area contributed by atoms with Crippen LogP contribution in [-0.2, 0) is 28.5 Å². The van der Waals surface area contributed by atoms with Crippen LogP contribution in [0, 0.1) is 11.8 Å². The lowest BCUT2D eigenvalue weighted by Gasteiger charge is -2.31. The Hall–Kier alpha value is -1.79. The maximum Gasteiger partial charge on any atom is 0.508 e. The molecule has 7 heteroatoms. The average molecular weight is 342 g/mol. The van der Waals surface area contributed by atoms with E-state index in [1.165, 1.54) is 14.2 Å². The minimum atomic E-state index is -0.823. The van der Waals surface area contributed by atoms with Gasteiger partial charge in [0, 0.05) is 0 Å². The fourth-order valence-corrected chi connectivity index (χ4v) is 3.59. The van der Waals surface area contributed by atoms with Gasteiger partial charge in [0.25, 0.3) is 0 Å². The van der Waals surface area contributed by atoms with Crippen LogP contribution >= 0.6 is 0 Å². The molecule has 0 saturated heterocycles. The molecule has 2 aliphatic rings. The maximum absolute atomic E-state index is 12.1. The molecule has 7 nitrogen and oxygen atoms in total. The van der Waals surface area contributed by atoms with Crippen molar-refractivity contribution in [2.24, 2.45) is 11.8 Å². The Labute approximate surface area is 142 Å². The molecule has 0 aromatic rings. The number of rotatable bonds is 4. The molecule has 0 aromatic heterocycles. The first kappa shape index (κ1) is 18.5. The standard InChI is InChI=1S/C17H26O7/c1-21-15(18)11-7-3-5-9-13(11)23-17(20)24-14-10-6-4-8-12(14)16(19)22-2/h11-14H,3-10H2,1-2H3. The zero-order valence-corrected chi connectivity index (χ0v) is 14.3. The number of methoxy groups -OCH3 is 2. The van der Waals surface area contributed by atoms with Crippen molar-refractivity contribution in [2.45, 2.75) is 63.6 Å². The van der Waals surface area contributed by atoms with Crippen molar-refractivity contribution in [3.63, 3.8) is 0 Å². The molecule has 136 valence electrons. The molecule has 2 aliphatic carbocycles. The van der Waals surface area contributed by atoms with Crippen LogP contribution in [0.3, 0.4) is 0 Å². The highest BCUT2D eigenvalue weighted by molar-refractivity contribution is 5.74. The maximum atomic E-state index is 12.1. The molecule has 0 spiro atoms. The Kier molecular flexibility index (Phi) is 6.87. The quantitative estimate of drug-likeness (QED) is 0.573. The highest BCUT2D eigenvalue weighted by Gasteiger charge is 2.38. The third-order valence-corrected chi connectivity index (χ3v) is 4.91. The molecule has 2 fully saturated rings. The van der Waals surface area contributed by atoms with Gasteiger partial charge in [-0.1, -0.05) is 12.8 Å². The predicted octanol–water partition coefficient (Wildman–Crippen LogP) is 2.60. The Bertz CT molecular complexity index is 422. The lowest BCUT2D eigenvalue weighted by atomic mass is 9.86. The fourth-order valence-electron chi connectivity index (χ4n) is 3.59. The van der Waals surface area contributed by atoms with E-state index < -0.39 is 30.2 Å². The van der Waals surface area contributed by atoms with Crippen LogP contribution in [0.1, 0.15) is 51.4 Å². The summed E-state index contributed by atoms with van der Waals surface area (Å²) in [6, 6.07) is 0. The number of carbonyl (C=O) groups is 3. The first-order chi connectivity index (χ1) is 11.6. The zero-order valence-electron chi connectivity index (χ0n) is 14.3. The number of carbonyl (C=O) groups excluding carboxylic acids is 3. The summed E-state index contributed by atoms with van der Waals surface area (Å²) in [6.45, 7) is 0. The van der Waals surface area contributed by atoms with Crippen LogP contribution in [0.5, 0.6) is 0 Å². The van der Waals surface area contributed by atoms with Gasteiger partial charge in [-0.15, -0.1) is 0 Å². The topological polar surface area (TPSA) is 88.1 Å². The molecular formula is C17H26O7. The van der Waals surface area contributed by atoms with E-state index in [9.17, 15) is 14.4 Å². The molecule has 0 aromatic carbocycles. The van der Waals surface area contributed by atoms with E-state index in [-0.39, 0.29) is 11.9 Å². The van der Waals surface area contributed by atoms with Crippen molar-refractivity contribution in [3.8, 4) is 0 Å². The summed E-state index contributed by atoms with van der Waals surface area (Å²) in [7, 11) is 2.66. The van der Waals surface area contributed by atoms with Crippen LogP contribution in [0.15, 0.2) is 0 Å². The third-order valence-electron chi connectivity index (χ3n) is 4.91. The molecule has 0 N–H and O–H groups in total. The van der Waals surface area contributed by atoms with Crippen molar-refractivity contribution < 1.29 is 33.3 Å². The molecule has 2 saturated carbocycles. The summed E-state index contributed by atoms with van der Waals surface area (Å²) in [6.07, 6.45) is 4.20. The Morgan fingerprint density at radius 3 is 1.42 bits per heavy atom. The minimum absolute atomic E-state index is 0.363. The number of hydrogen-bond acceptors (Lipinski definition) is 7. The summed E-state index contributed by atoms with van der Waals surface area (Å²) in [4.78, 5) is 35.8. The van der Waals surface area contributed by atoms with E-state index in [0.29, 0.717) is 25.7 Å². The van der Waals surface area contributed by atoms with Crippen LogP contribution < -0.4 is 0 Å². The van der Waals surface area contributed by atoms with E-state index in [2.05, 4.69) is 0 Å². The second kappa shape index (κ2) is 8.89. The SMILES string of the molecule is COC(=O)C1CCCCC1OC(=O)OC1CCCCC1C(=O)OC. The molecular weight excluding hydrogens is 316 g/mol. The van der Waals surface area contributed by atoms with E-state index >= 15 is 0 Å². The molecule has 4 unspecified atom stereocenters. The molecule has 24 heavy (non-hydrogen) atoms. The zero-order chi connectivity index (χ0) is 17.5. The van der Waals surface area contributed by atoms with Gasteiger partial charge in [0.2, 0.25) is 0 Å². The lowest BCUT2D eigenvalue weighted by Crippen LogP contribution is -2.39. The smallest absolute Gasteiger partial charge is 0.469 e. The molecule has 0 amide bonds. The Morgan fingerprint density at radius 2 is 1.04 bits per heavy atom. The van der Waals surface area contributed by atoms with Crippen LogP contribution in [0.4, 0.5) is 4.79 Å². The predicted molar refractivity (Wildman–Crippen MR) is 83.1 cm³/mol. The van der Waals surface area contributed by atoms with Gasteiger partial charge in [0.1, 0.15) is 12.2 Å². The van der Waals surface area contributed by atoms with Crippen molar-refractivity contribution in [3.05, 3.63) is 0 Å². The van der Waals surface area contributed by atoms with E-state index in [0.717, 1.165) is 25.7 Å². The normalized spacial score (nSPS) is 30.1. The fraction of sp³-hybridized carbons (Fsp3) is 0.824.